The van der Waals surface area contributed by atoms with Crippen LogP contribution in [0.2, 0.25) is 0 Å². The number of sulfonamides is 1. The lowest BCUT2D eigenvalue weighted by molar-refractivity contribution is -0.156. The van der Waals surface area contributed by atoms with Crippen LogP contribution in [0.3, 0.4) is 0 Å². The number of benzene rings is 1. The number of ether oxygens (including phenoxy) is 2. The van der Waals surface area contributed by atoms with Gasteiger partial charge in [0.15, 0.2) is 0 Å². The number of aromatic nitrogens is 1. The van der Waals surface area contributed by atoms with E-state index < -0.39 is 92.3 Å². The lowest BCUT2D eigenvalue weighted by Crippen LogP contribution is -2.66. The second-order valence-corrected chi connectivity index (χ2v) is 19.4. The highest BCUT2D eigenvalue weighted by molar-refractivity contribution is 7.91. The number of nitrogens with one attached hydrogen (secondary N) is 2. The predicted molar refractivity (Wildman–Crippen MR) is 211 cm³/mol. The second-order valence-electron chi connectivity index (χ2n) is 17.3. The number of pyridine rings is 1. The van der Waals surface area contributed by atoms with Gasteiger partial charge in [0.05, 0.1) is 13.2 Å². The molecule has 0 unspecified atom stereocenters. The Bertz CT molecular complexity index is 2110. The Balaban J connectivity index is 1.43. The molecule has 14 nitrogen and oxygen atoms in total. The number of allylic oxidation sites excluding steroid dienone is 1. The number of alkyl halides is 3. The molecule has 2 aliphatic heterocycles. The average Bonchev–Trinajstić information content (AvgIpc) is 4.06. The molecule has 2 saturated carbocycles. The van der Waals surface area contributed by atoms with Crippen molar-refractivity contribution >= 4 is 44.6 Å². The molecule has 1 aromatic carbocycles. The number of hydrogen-bond acceptors (Lipinski definition) is 9. The third-order valence-electron chi connectivity index (χ3n) is 12.6. The summed E-state index contributed by atoms with van der Waals surface area (Å²) in [4.78, 5) is 63.0. The van der Waals surface area contributed by atoms with Gasteiger partial charge in [-0.2, -0.15) is 4.98 Å². The van der Waals surface area contributed by atoms with Gasteiger partial charge in [-0.1, -0.05) is 44.2 Å². The first-order chi connectivity index (χ1) is 27.6. The van der Waals surface area contributed by atoms with Crippen molar-refractivity contribution in [2.45, 2.75) is 126 Å². The van der Waals surface area contributed by atoms with Crippen LogP contribution in [0, 0.1) is 17.8 Å². The van der Waals surface area contributed by atoms with E-state index in [1.807, 2.05) is 23.8 Å². The summed E-state index contributed by atoms with van der Waals surface area (Å²) < 4.78 is 83.5. The zero-order chi connectivity index (χ0) is 43.3. The number of carbonyl (C=O) groups excluding carboxylic acids is 3. The van der Waals surface area contributed by atoms with Crippen molar-refractivity contribution in [2.24, 2.45) is 17.8 Å². The molecule has 4 aliphatic rings. The number of hydrogen-bond donors (Lipinski definition) is 3. The van der Waals surface area contributed by atoms with Gasteiger partial charge in [0, 0.05) is 30.7 Å². The molecule has 0 radical (unpaired) electrons. The van der Waals surface area contributed by atoms with Gasteiger partial charge in [-0.25, -0.2) is 26.4 Å². The molecule has 7 atom stereocenters. The highest BCUT2D eigenvalue weighted by atomic mass is 32.2. The molecular formula is C41H54F3N5O9S. The van der Waals surface area contributed by atoms with Gasteiger partial charge in [-0.3, -0.25) is 24.0 Å². The Morgan fingerprint density at radius 1 is 1.14 bits per heavy atom. The van der Waals surface area contributed by atoms with Crippen LogP contribution in [-0.4, -0.2) is 112 Å². The Morgan fingerprint density at radius 3 is 2.46 bits per heavy atom. The van der Waals surface area contributed by atoms with Gasteiger partial charge in [-0.05, 0) is 82.6 Å². The Labute approximate surface area is 342 Å². The maximum atomic E-state index is 15.4. The molecule has 59 heavy (non-hydrogen) atoms. The average molecular weight is 850 g/mol. The molecule has 0 spiro atoms. The maximum absolute atomic E-state index is 15.4. The van der Waals surface area contributed by atoms with E-state index in [1.54, 1.807) is 44.2 Å². The molecule has 6 rings (SSSR count). The number of amides is 4. The molecule has 18 heteroatoms. The predicted octanol–water partition coefficient (Wildman–Crippen LogP) is 5.60. The third-order valence-corrected chi connectivity index (χ3v) is 14.7. The van der Waals surface area contributed by atoms with Crippen LogP contribution < -0.4 is 19.5 Å². The van der Waals surface area contributed by atoms with E-state index in [4.69, 9.17) is 9.47 Å². The van der Waals surface area contributed by atoms with Gasteiger partial charge in [0.1, 0.15) is 40.7 Å². The number of fused-ring (bicyclic) bond motifs is 3. The molecule has 3 fully saturated rings. The number of rotatable bonds is 11. The monoisotopic (exact) mass is 849 g/mol. The van der Waals surface area contributed by atoms with Crippen LogP contribution in [0.15, 0.2) is 42.5 Å². The summed E-state index contributed by atoms with van der Waals surface area (Å²) in [6.07, 6.45) is 1.92. The first kappa shape index (κ1) is 44.0. The van der Waals surface area contributed by atoms with E-state index in [1.165, 1.54) is 0 Å². The number of carboxylic acid groups (broad SMARTS) is 1. The van der Waals surface area contributed by atoms with Crippen LogP contribution in [0.5, 0.6) is 11.8 Å². The number of halogens is 3. The van der Waals surface area contributed by atoms with Crippen molar-refractivity contribution in [2.75, 3.05) is 19.8 Å². The fraction of sp³-hybridized carbons (Fsp3) is 0.634. The summed E-state index contributed by atoms with van der Waals surface area (Å²) in [5, 5.41) is 14.7. The summed E-state index contributed by atoms with van der Waals surface area (Å²) in [5.41, 5.74) is -4.19. The van der Waals surface area contributed by atoms with Crippen molar-refractivity contribution in [1.82, 2.24) is 24.8 Å². The van der Waals surface area contributed by atoms with E-state index in [2.05, 4.69) is 10.3 Å². The molecule has 4 amide bonds. The van der Waals surface area contributed by atoms with Crippen LogP contribution in [0.25, 0.3) is 10.8 Å². The summed E-state index contributed by atoms with van der Waals surface area (Å²) >= 11 is 0. The molecular weight excluding hydrogens is 796 g/mol. The van der Waals surface area contributed by atoms with E-state index in [-0.39, 0.29) is 56.3 Å². The summed E-state index contributed by atoms with van der Waals surface area (Å²) in [7, 11) is -4.48. The Hall–Kier alpha value is -4.61. The van der Waals surface area contributed by atoms with Gasteiger partial charge in [0.2, 0.25) is 33.6 Å². The number of nitrogens with zero attached hydrogens (tertiary/aromatic N) is 3. The topological polar surface area (TPSA) is 185 Å². The quantitative estimate of drug-likeness (QED) is 0.241. The van der Waals surface area contributed by atoms with Gasteiger partial charge in [0.25, 0.3) is 11.8 Å². The highest BCUT2D eigenvalue weighted by Crippen LogP contribution is 2.48. The van der Waals surface area contributed by atoms with Crippen molar-refractivity contribution in [3.05, 3.63) is 42.5 Å². The molecule has 324 valence electrons. The molecule has 3 heterocycles. The summed E-state index contributed by atoms with van der Waals surface area (Å²) in [6, 6.07) is 5.76. The van der Waals surface area contributed by atoms with Crippen molar-refractivity contribution in [1.29, 1.82) is 0 Å². The van der Waals surface area contributed by atoms with E-state index in [0.717, 1.165) is 24.1 Å². The zero-order valence-corrected chi connectivity index (χ0v) is 35.0. The second kappa shape index (κ2) is 16.1. The third kappa shape index (κ3) is 8.42. The van der Waals surface area contributed by atoms with Crippen LogP contribution in [-0.2, 0) is 24.4 Å². The van der Waals surface area contributed by atoms with Crippen molar-refractivity contribution in [3.63, 3.8) is 0 Å². The normalized spacial score (nSPS) is 28.7. The zero-order valence-electron chi connectivity index (χ0n) is 34.2. The molecule has 2 aromatic rings. The summed E-state index contributed by atoms with van der Waals surface area (Å²) in [6.45, 7) is 6.78. The smallest absolute Gasteiger partial charge is 0.408 e. The minimum absolute atomic E-state index is 0.00171. The van der Waals surface area contributed by atoms with E-state index in [9.17, 15) is 32.3 Å². The standard InChI is InChI=1S/C41H54F3N5O9S/c1-7-57-31-19-26-13-9-11-15-29(26)34(45-31)58-28-20-30-33(50)46-41(36(52)47-59(55,56)40(23-42)16-17-40)21-27(41)14-10-8-12-24(2)18-25(3)32(35(51)48(30)22-28)49(37(53)54)38(4,5)39(6,43)44/h9-11,13-15,19,24-25,27-28,30,32H,7-8,12,16-18,20-23H2,1-6H3,(H,46,50)(H,47,52)(H,53,54)/t24-,25+,27+,28+,30-,32-,41+/m0/s1. The van der Waals surface area contributed by atoms with Crippen LogP contribution in [0.1, 0.15) is 86.5 Å². The SMILES string of the molecule is CCOc1cc2ccccc2c(O[C@@H]2C[C@H]3C(=O)N[C@]4(C(=O)NS(=O)(=O)C5(CF)CC5)C[C@H]4C=CCC[C@H](C)C[C@@H](C)[C@H](N(C(=O)O)C(C)(C)C(C)(F)F)C(=O)N3C2)n1. The minimum Gasteiger partial charge on any atom is -0.478 e. The van der Waals surface area contributed by atoms with Crippen LogP contribution in [0.4, 0.5) is 18.0 Å². The first-order valence-electron chi connectivity index (χ1n) is 20.1. The first-order valence-corrected chi connectivity index (χ1v) is 21.6. The molecule has 2 aliphatic carbocycles. The largest absolute Gasteiger partial charge is 0.478 e. The van der Waals surface area contributed by atoms with Crippen molar-refractivity contribution < 1.29 is 55.3 Å². The molecule has 1 aromatic heterocycles. The fourth-order valence-electron chi connectivity index (χ4n) is 8.43. The molecule has 1 saturated heterocycles. The lowest BCUT2D eigenvalue weighted by atomic mass is 9.84. The van der Waals surface area contributed by atoms with E-state index in [0.29, 0.717) is 36.7 Å². The van der Waals surface area contributed by atoms with Gasteiger partial charge < -0.3 is 24.8 Å². The maximum Gasteiger partial charge on any atom is 0.408 e. The lowest BCUT2D eigenvalue weighted by Gasteiger charge is -2.47. The van der Waals surface area contributed by atoms with Gasteiger partial charge in [-0.15, -0.1) is 0 Å². The fourth-order valence-corrected chi connectivity index (χ4v) is 9.85. The van der Waals surface area contributed by atoms with Gasteiger partial charge >= 0.3 is 6.09 Å². The molecule has 0 bridgehead atoms. The van der Waals surface area contributed by atoms with Crippen molar-refractivity contribution in [3.8, 4) is 11.8 Å². The van der Waals surface area contributed by atoms with Crippen LogP contribution >= 0.6 is 0 Å². The van der Waals surface area contributed by atoms with E-state index >= 15 is 13.6 Å². The Kier molecular flexibility index (Phi) is 12.0. The Morgan fingerprint density at radius 2 is 1.83 bits per heavy atom. The minimum atomic E-state index is -4.48. The summed E-state index contributed by atoms with van der Waals surface area (Å²) in [5.74, 6) is -7.70. The number of carbonyl (C=O) groups is 4. The highest BCUT2D eigenvalue weighted by Gasteiger charge is 2.64. The molecule has 3 N–H and O–H groups in total.